The Labute approximate surface area is 144 Å². The van der Waals surface area contributed by atoms with Gasteiger partial charge in [-0.3, -0.25) is 4.79 Å². The molecule has 6 heteroatoms. The molecule has 2 rings (SSSR count). The molecule has 1 unspecified atom stereocenters. The fourth-order valence-electron chi connectivity index (χ4n) is 1.74. The van der Waals surface area contributed by atoms with Crippen LogP contribution in [0, 0.1) is 0 Å². The summed E-state index contributed by atoms with van der Waals surface area (Å²) in [5.74, 6) is 2.25. The van der Waals surface area contributed by atoms with Crippen molar-refractivity contribution >= 4 is 40.6 Å². The molecule has 0 fully saturated rings. The van der Waals surface area contributed by atoms with E-state index >= 15 is 0 Å². The van der Waals surface area contributed by atoms with Crippen LogP contribution in [-0.4, -0.2) is 24.3 Å². The lowest BCUT2D eigenvalue weighted by molar-refractivity contribution is -0.127. The molecule has 0 saturated heterocycles. The van der Waals surface area contributed by atoms with Crippen LogP contribution in [0.1, 0.15) is 12.5 Å². The van der Waals surface area contributed by atoms with Crippen LogP contribution in [0.15, 0.2) is 41.1 Å². The first-order valence-electron chi connectivity index (χ1n) is 6.94. The average molecular weight is 356 g/mol. The molecule has 1 aromatic carbocycles. The number of carbonyl (C=O) groups is 1. The molecule has 0 aliphatic carbocycles. The monoisotopic (exact) mass is 355 g/mol. The molecule has 2 aromatic rings. The van der Waals surface area contributed by atoms with Gasteiger partial charge >= 0.3 is 0 Å². The average Bonchev–Trinajstić information content (AvgIpc) is 3.02. The quantitative estimate of drug-likeness (QED) is 0.720. The summed E-state index contributed by atoms with van der Waals surface area (Å²) in [5.41, 5.74) is 1.33. The van der Waals surface area contributed by atoms with Crippen molar-refractivity contribution in [2.75, 3.05) is 12.3 Å². The van der Waals surface area contributed by atoms with E-state index in [2.05, 4.69) is 22.1 Å². The molecule has 1 atom stereocenters. The molecule has 1 heterocycles. The van der Waals surface area contributed by atoms with E-state index in [1.807, 2.05) is 12.1 Å². The highest BCUT2D eigenvalue weighted by Crippen LogP contribution is 2.24. The van der Waals surface area contributed by atoms with E-state index in [-0.39, 0.29) is 5.91 Å². The molecule has 0 spiro atoms. The summed E-state index contributed by atoms with van der Waals surface area (Å²) in [6, 6.07) is 9.26. The van der Waals surface area contributed by atoms with Crippen LogP contribution in [0.4, 0.5) is 0 Å². The Kier molecular flexibility index (Phi) is 7.09. The van der Waals surface area contributed by atoms with Gasteiger partial charge in [-0.2, -0.15) is 23.1 Å². The SMILES string of the molecule is CC(Oc1ccccc1Cl)C(=O)NCCSCc1ccsc1. The third-order valence-electron chi connectivity index (χ3n) is 2.90. The second-order valence-corrected chi connectivity index (χ2v) is 6.96. The van der Waals surface area contributed by atoms with E-state index in [0.29, 0.717) is 17.3 Å². The van der Waals surface area contributed by atoms with Gasteiger partial charge in [0.1, 0.15) is 5.75 Å². The normalized spacial score (nSPS) is 11.9. The first-order chi connectivity index (χ1) is 10.7. The van der Waals surface area contributed by atoms with Gasteiger partial charge in [0, 0.05) is 18.1 Å². The first kappa shape index (κ1) is 17.2. The number of halogens is 1. The molecule has 1 amide bonds. The summed E-state index contributed by atoms with van der Waals surface area (Å²) >= 11 is 9.51. The molecule has 0 radical (unpaired) electrons. The Morgan fingerprint density at radius 1 is 1.41 bits per heavy atom. The topological polar surface area (TPSA) is 38.3 Å². The van der Waals surface area contributed by atoms with Crippen molar-refractivity contribution < 1.29 is 9.53 Å². The number of hydrogen-bond acceptors (Lipinski definition) is 4. The van der Waals surface area contributed by atoms with Crippen LogP contribution in [0.2, 0.25) is 5.02 Å². The number of thioether (sulfide) groups is 1. The van der Waals surface area contributed by atoms with Gasteiger partial charge in [-0.1, -0.05) is 23.7 Å². The molecule has 118 valence electrons. The molecular formula is C16H18ClNO2S2. The van der Waals surface area contributed by atoms with E-state index < -0.39 is 6.10 Å². The Morgan fingerprint density at radius 3 is 2.95 bits per heavy atom. The third kappa shape index (κ3) is 5.55. The maximum absolute atomic E-state index is 12.0. The predicted molar refractivity (Wildman–Crippen MR) is 95.0 cm³/mol. The van der Waals surface area contributed by atoms with Gasteiger partial charge in [0.2, 0.25) is 0 Å². The Bertz CT molecular complexity index is 590. The minimum Gasteiger partial charge on any atom is -0.479 e. The van der Waals surface area contributed by atoms with Gasteiger partial charge < -0.3 is 10.1 Å². The predicted octanol–water partition coefficient (Wildman–Crippen LogP) is 4.22. The zero-order valence-corrected chi connectivity index (χ0v) is 14.6. The number of rotatable bonds is 8. The lowest BCUT2D eigenvalue weighted by Crippen LogP contribution is -2.37. The van der Waals surface area contributed by atoms with Crippen LogP contribution in [0.25, 0.3) is 0 Å². The van der Waals surface area contributed by atoms with Crippen LogP contribution in [0.5, 0.6) is 5.75 Å². The maximum atomic E-state index is 12.0. The molecular weight excluding hydrogens is 338 g/mol. The molecule has 3 nitrogen and oxygen atoms in total. The Balaban J connectivity index is 1.65. The van der Waals surface area contributed by atoms with Crippen molar-refractivity contribution in [1.29, 1.82) is 0 Å². The smallest absolute Gasteiger partial charge is 0.260 e. The lowest BCUT2D eigenvalue weighted by Gasteiger charge is -2.15. The number of carbonyl (C=O) groups excluding carboxylic acids is 1. The van der Waals surface area contributed by atoms with E-state index in [0.717, 1.165) is 11.5 Å². The van der Waals surface area contributed by atoms with Crippen molar-refractivity contribution in [2.24, 2.45) is 0 Å². The number of amides is 1. The third-order valence-corrected chi connectivity index (χ3v) is 4.98. The summed E-state index contributed by atoms with van der Waals surface area (Å²) in [4.78, 5) is 12.0. The largest absolute Gasteiger partial charge is 0.479 e. The molecule has 22 heavy (non-hydrogen) atoms. The van der Waals surface area contributed by atoms with Crippen LogP contribution in [0.3, 0.4) is 0 Å². The molecule has 0 saturated carbocycles. The number of para-hydroxylation sites is 1. The molecule has 1 N–H and O–H groups in total. The van der Waals surface area contributed by atoms with Crippen molar-refractivity contribution in [2.45, 2.75) is 18.8 Å². The highest BCUT2D eigenvalue weighted by atomic mass is 35.5. The van der Waals surface area contributed by atoms with Gasteiger partial charge in [-0.25, -0.2) is 0 Å². The maximum Gasteiger partial charge on any atom is 0.260 e. The highest BCUT2D eigenvalue weighted by Gasteiger charge is 2.15. The minimum atomic E-state index is -0.568. The first-order valence-corrected chi connectivity index (χ1v) is 9.42. The van der Waals surface area contributed by atoms with Crippen molar-refractivity contribution in [3.8, 4) is 5.75 Å². The second kappa shape index (κ2) is 9.08. The second-order valence-electron chi connectivity index (χ2n) is 4.67. The Morgan fingerprint density at radius 2 is 2.23 bits per heavy atom. The zero-order valence-electron chi connectivity index (χ0n) is 12.3. The molecule has 0 bridgehead atoms. The minimum absolute atomic E-state index is 0.129. The van der Waals surface area contributed by atoms with E-state index in [4.69, 9.17) is 16.3 Å². The molecule has 1 aromatic heterocycles. The van der Waals surface area contributed by atoms with Gasteiger partial charge in [0.15, 0.2) is 6.10 Å². The van der Waals surface area contributed by atoms with E-state index in [9.17, 15) is 4.79 Å². The van der Waals surface area contributed by atoms with Gasteiger partial charge in [-0.15, -0.1) is 0 Å². The standard InChI is InChI=1S/C16H18ClNO2S2/c1-12(20-15-5-3-2-4-14(15)17)16(19)18-7-9-22-11-13-6-8-21-10-13/h2-6,8,10,12H,7,9,11H2,1H3,(H,18,19). The van der Waals surface area contributed by atoms with Crippen LogP contribution in [-0.2, 0) is 10.5 Å². The van der Waals surface area contributed by atoms with Gasteiger partial charge in [0.05, 0.1) is 5.02 Å². The molecule has 0 aliphatic rings. The van der Waals surface area contributed by atoms with Crippen molar-refractivity contribution in [3.05, 3.63) is 51.7 Å². The van der Waals surface area contributed by atoms with Crippen LogP contribution >= 0.6 is 34.7 Å². The highest BCUT2D eigenvalue weighted by molar-refractivity contribution is 7.98. The Hall–Kier alpha value is -1.17. The summed E-state index contributed by atoms with van der Waals surface area (Å²) in [5, 5.41) is 7.60. The number of thiophene rings is 1. The number of nitrogens with one attached hydrogen (secondary N) is 1. The summed E-state index contributed by atoms with van der Waals surface area (Å²) in [6.45, 7) is 2.35. The van der Waals surface area contributed by atoms with E-state index in [1.54, 1.807) is 42.2 Å². The number of hydrogen-bond donors (Lipinski definition) is 1. The summed E-state index contributed by atoms with van der Waals surface area (Å²) < 4.78 is 5.57. The van der Waals surface area contributed by atoms with Gasteiger partial charge in [0.25, 0.3) is 5.91 Å². The fourth-order valence-corrected chi connectivity index (χ4v) is 3.50. The molecule has 0 aliphatic heterocycles. The lowest BCUT2D eigenvalue weighted by atomic mass is 10.3. The zero-order chi connectivity index (χ0) is 15.8. The van der Waals surface area contributed by atoms with Crippen LogP contribution < -0.4 is 10.1 Å². The summed E-state index contributed by atoms with van der Waals surface area (Å²) in [7, 11) is 0. The van der Waals surface area contributed by atoms with Crippen molar-refractivity contribution in [3.63, 3.8) is 0 Å². The van der Waals surface area contributed by atoms with Crippen molar-refractivity contribution in [1.82, 2.24) is 5.32 Å². The van der Waals surface area contributed by atoms with E-state index in [1.165, 1.54) is 5.56 Å². The van der Waals surface area contributed by atoms with Gasteiger partial charge in [-0.05, 0) is 41.4 Å². The number of benzene rings is 1. The fraction of sp³-hybridized carbons (Fsp3) is 0.312. The summed E-state index contributed by atoms with van der Waals surface area (Å²) in [6.07, 6.45) is -0.568. The number of ether oxygens (including phenoxy) is 1.